The summed E-state index contributed by atoms with van der Waals surface area (Å²) in [7, 11) is 0. The lowest BCUT2D eigenvalue weighted by molar-refractivity contribution is 0.280. The summed E-state index contributed by atoms with van der Waals surface area (Å²) in [5.41, 5.74) is 2.93. The molecule has 0 saturated carbocycles. The first-order chi connectivity index (χ1) is 16.7. The Labute approximate surface area is 198 Å². The van der Waals surface area contributed by atoms with Crippen molar-refractivity contribution >= 4 is 10.8 Å². The second kappa shape index (κ2) is 10.3. The van der Waals surface area contributed by atoms with Crippen molar-refractivity contribution in [3.05, 3.63) is 106 Å². The molecular formula is C28H29FN4O. The molecule has 0 radical (unpaired) electrons. The third-order valence-corrected chi connectivity index (χ3v) is 6.74. The van der Waals surface area contributed by atoms with Gasteiger partial charge in [-0.15, -0.1) is 0 Å². The third kappa shape index (κ3) is 5.07. The van der Waals surface area contributed by atoms with Crippen molar-refractivity contribution < 1.29 is 4.39 Å². The standard InChI is InChI=1S/C28H29FN4O/c29-22-12-10-21(11-13-22)20-27-25-8-1-2-9-26(25)28(34)33(31-27)24-7-5-17-32(19-15-24)18-14-23-6-3-4-16-30-23/h1-4,6,8-13,16,24H,5,7,14-15,17-20H2. The van der Waals surface area contributed by atoms with Gasteiger partial charge in [0, 0.05) is 43.2 Å². The number of hydrogen-bond donors (Lipinski definition) is 0. The summed E-state index contributed by atoms with van der Waals surface area (Å²) in [4.78, 5) is 20.3. The Morgan fingerprint density at radius 2 is 1.71 bits per heavy atom. The van der Waals surface area contributed by atoms with E-state index in [9.17, 15) is 9.18 Å². The SMILES string of the molecule is O=c1c2ccccc2c(Cc2ccc(F)cc2)nn1C1CCCN(CCc2ccccn2)CC1. The smallest absolute Gasteiger partial charge is 0.274 e. The van der Waals surface area contributed by atoms with Crippen LogP contribution < -0.4 is 5.56 Å². The summed E-state index contributed by atoms with van der Waals surface area (Å²) in [6, 6.07) is 20.3. The van der Waals surface area contributed by atoms with E-state index < -0.39 is 0 Å². The van der Waals surface area contributed by atoms with Crippen molar-refractivity contribution in [3.8, 4) is 0 Å². The Morgan fingerprint density at radius 3 is 2.50 bits per heavy atom. The largest absolute Gasteiger partial charge is 0.303 e. The number of halogens is 1. The molecule has 5 rings (SSSR count). The van der Waals surface area contributed by atoms with Gasteiger partial charge in [-0.25, -0.2) is 9.07 Å². The Bertz CT molecular complexity index is 1300. The Balaban J connectivity index is 1.38. The molecule has 0 spiro atoms. The quantitative estimate of drug-likeness (QED) is 0.419. The van der Waals surface area contributed by atoms with Crippen molar-refractivity contribution in [2.45, 2.75) is 38.1 Å². The number of aromatic nitrogens is 3. The molecule has 0 N–H and O–H groups in total. The summed E-state index contributed by atoms with van der Waals surface area (Å²) in [5.74, 6) is -0.252. The van der Waals surface area contributed by atoms with Crippen molar-refractivity contribution in [1.29, 1.82) is 0 Å². The van der Waals surface area contributed by atoms with Crippen LogP contribution in [-0.2, 0) is 12.8 Å². The van der Waals surface area contributed by atoms with E-state index in [2.05, 4.69) is 16.0 Å². The molecule has 174 valence electrons. The van der Waals surface area contributed by atoms with Crippen LogP contribution in [0.2, 0.25) is 0 Å². The van der Waals surface area contributed by atoms with E-state index in [-0.39, 0.29) is 17.4 Å². The summed E-state index contributed by atoms with van der Waals surface area (Å²) in [5, 5.41) is 6.46. The van der Waals surface area contributed by atoms with Crippen LogP contribution in [0, 0.1) is 5.82 Å². The predicted octanol–water partition coefficient (Wildman–Crippen LogP) is 4.79. The van der Waals surface area contributed by atoms with Gasteiger partial charge in [-0.05, 0) is 61.7 Å². The van der Waals surface area contributed by atoms with Crippen molar-refractivity contribution in [1.82, 2.24) is 19.7 Å². The second-order valence-corrected chi connectivity index (χ2v) is 9.04. The maximum Gasteiger partial charge on any atom is 0.274 e. The molecule has 5 nitrogen and oxygen atoms in total. The fraction of sp³-hybridized carbons (Fsp3) is 0.321. The van der Waals surface area contributed by atoms with E-state index in [0.29, 0.717) is 11.8 Å². The molecule has 34 heavy (non-hydrogen) atoms. The fourth-order valence-corrected chi connectivity index (χ4v) is 4.87. The topological polar surface area (TPSA) is 51.0 Å². The molecule has 6 heteroatoms. The minimum absolute atomic E-state index is 0.0228. The minimum Gasteiger partial charge on any atom is -0.303 e. The monoisotopic (exact) mass is 456 g/mol. The first kappa shape index (κ1) is 22.4. The molecule has 2 aromatic heterocycles. The lowest BCUT2D eigenvalue weighted by atomic mass is 10.0. The predicted molar refractivity (Wildman–Crippen MR) is 132 cm³/mol. The molecule has 1 aliphatic rings. The van der Waals surface area contributed by atoms with Crippen LogP contribution in [0.4, 0.5) is 4.39 Å². The number of hydrogen-bond acceptors (Lipinski definition) is 4. The van der Waals surface area contributed by atoms with Gasteiger partial charge in [-0.2, -0.15) is 5.10 Å². The zero-order valence-electron chi connectivity index (χ0n) is 19.2. The molecule has 1 atom stereocenters. The normalized spacial score (nSPS) is 17.0. The van der Waals surface area contributed by atoms with Gasteiger partial charge >= 0.3 is 0 Å². The van der Waals surface area contributed by atoms with Crippen molar-refractivity contribution in [2.75, 3.05) is 19.6 Å². The minimum atomic E-state index is -0.252. The summed E-state index contributed by atoms with van der Waals surface area (Å²) in [6.45, 7) is 2.93. The summed E-state index contributed by atoms with van der Waals surface area (Å²) >= 11 is 0. The van der Waals surface area contributed by atoms with E-state index in [0.717, 1.165) is 67.7 Å². The van der Waals surface area contributed by atoms with Crippen LogP contribution in [-0.4, -0.2) is 39.3 Å². The summed E-state index contributed by atoms with van der Waals surface area (Å²) < 4.78 is 15.1. The van der Waals surface area contributed by atoms with E-state index >= 15 is 0 Å². The van der Waals surface area contributed by atoms with Gasteiger partial charge in [0.1, 0.15) is 5.82 Å². The zero-order valence-corrected chi connectivity index (χ0v) is 19.2. The Hall–Kier alpha value is -3.38. The Kier molecular flexibility index (Phi) is 6.77. The highest BCUT2D eigenvalue weighted by atomic mass is 19.1. The molecule has 0 aliphatic carbocycles. The highest BCUT2D eigenvalue weighted by Gasteiger charge is 2.22. The van der Waals surface area contributed by atoms with E-state index in [4.69, 9.17) is 5.10 Å². The van der Waals surface area contributed by atoms with Crippen LogP contribution in [0.1, 0.15) is 42.3 Å². The van der Waals surface area contributed by atoms with Gasteiger partial charge in [-0.1, -0.05) is 36.4 Å². The first-order valence-electron chi connectivity index (χ1n) is 12.0. The highest BCUT2D eigenvalue weighted by molar-refractivity contribution is 5.83. The average molecular weight is 457 g/mol. The van der Waals surface area contributed by atoms with Gasteiger partial charge in [0.15, 0.2) is 0 Å². The maximum absolute atomic E-state index is 13.4. The molecule has 0 bridgehead atoms. The van der Waals surface area contributed by atoms with Crippen LogP contribution in [0.5, 0.6) is 0 Å². The van der Waals surface area contributed by atoms with Gasteiger partial charge < -0.3 is 4.90 Å². The number of fused-ring (bicyclic) bond motifs is 1. The van der Waals surface area contributed by atoms with E-state index in [1.54, 1.807) is 16.8 Å². The molecule has 1 fully saturated rings. The van der Waals surface area contributed by atoms with Crippen LogP contribution >= 0.6 is 0 Å². The van der Waals surface area contributed by atoms with Crippen molar-refractivity contribution in [3.63, 3.8) is 0 Å². The lowest BCUT2D eigenvalue weighted by Crippen LogP contribution is -2.30. The number of pyridine rings is 1. The zero-order chi connectivity index (χ0) is 23.3. The number of nitrogens with zero attached hydrogens (tertiary/aromatic N) is 4. The third-order valence-electron chi connectivity index (χ3n) is 6.74. The molecular weight excluding hydrogens is 427 g/mol. The van der Waals surface area contributed by atoms with E-state index in [1.165, 1.54) is 12.1 Å². The van der Waals surface area contributed by atoms with Crippen LogP contribution in [0.15, 0.2) is 77.7 Å². The van der Waals surface area contributed by atoms with Crippen molar-refractivity contribution in [2.24, 2.45) is 0 Å². The van der Waals surface area contributed by atoms with Crippen LogP contribution in [0.25, 0.3) is 10.8 Å². The molecule has 3 heterocycles. The Morgan fingerprint density at radius 1 is 0.912 bits per heavy atom. The van der Waals surface area contributed by atoms with Gasteiger partial charge in [0.25, 0.3) is 5.56 Å². The summed E-state index contributed by atoms with van der Waals surface area (Å²) in [6.07, 6.45) is 6.19. The fourth-order valence-electron chi connectivity index (χ4n) is 4.87. The van der Waals surface area contributed by atoms with Gasteiger partial charge in [0.2, 0.25) is 0 Å². The number of rotatable bonds is 6. The highest BCUT2D eigenvalue weighted by Crippen LogP contribution is 2.24. The molecule has 0 amide bonds. The van der Waals surface area contributed by atoms with Crippen LogP contribution in [0.3, 0.4) is 0 Å². The first-order valence-corrected chi connectivity index (χ1v) is 12.0. The maximum atomic E-state index is 13.4. The van der Waals surface area contributed by atoms with Gasteiger partial charge in [-0.3, -0.25) is 9.78 Å². The average Bonchev–Trinajstić information content (AvgIpc) is 3.12. The molecule has 1 unspecified atom stereocenters. The lowest BCUT2D eigenvalue weighted by Gasteiger charge is -2.21. The molecule has 4 aromatic rings. The van der Waals surface area contributed by atoms with E-state index in [1.807, 2.05) is 42.6 Å². The molecule has 1 saturated heterocycles. The number of likely N-dealkylation sites (tertiary alicyclic amines) is 1. The van der Waals surface area contributed by atoms with Gasteiger partial charge in [0.05, 0.1) is 17.1 Å². The molecule has 1 aliphatic heterocycles. The molecule has 2 aromatic carbocycles. The second-order valence-electron chi connectivity index (χ2n) is 9.04. The number of benzene rings is 2.